The van der Waals surface area contributed by atoms with E-state index in [0.717, 1.165) is 31.0 Å². The van der Waals surface area contributed by atoms with Crippen molar-refractivity contribution in [3.05, 3.63) is 0 Å². The van der Waals surface area contributed by atoms with Crippen molar-refractivity contribution in [2.45, 2.75) is 64.7 Å². The zero-order chi connectivity index (χ0) is 10.2. The summed E-state index contributed by atoms with van der Waals surface area (Å²) < 4.78 is 0. The van der Waals surface area contributed by atoms with Crippen molar-refractivity contribution in [1.29, 1.82) is 0 Å². The van der Waals surface area contributed by atoms with Crippen LogP contribution in [0.15, 0.2) is 0 Å². The molecule has 0 saturated heterocycles. The Balaban J connectivity index is 2.26. The Morgan fingerprint density at radius 3 is 2.36 bits per heavy atom. The molecule has 0 amide bonds. The minimum atomic E-state index is 0.773. The van der Waals surface area contributed by atoms with Crippen molar-refractivity contribution in [2.75, 3.05) is 0 Å². The monoisotopic (exact) mass is 196 g/mol. The fourth-order valence-corrected chi connectivity index (χ4v) is 2.88. The Bertz CT molecular complexity index is 151. The molecule has 82 valence electrons. The van der Waals surface area contributed by atoms with E-state index in [1.54, 1.807) is 0 Å². The molecule has 0 aromatic heterocycles. The normalized spacial score (nSPS) is 27.5. The smallest absolute Gasteiger partial charge is 0.119 e. The molecular weight excluding hydrogens is 172 g/mol. The summed E-state index contributed by atoms with van der Waals surface area (Å²) in [7, 11) is 0. The highest BCUT2D eigenvalue weighted by molar-refractivity contribution is 5.48. The molecule has 0 spiro atoms. The van der Waals surface area contributed by atoms with Gasteiger partial charge in [0, 0.05) is 6.42 Å². The zero-order valence-electron chi connectivity index (χ0n) is 9.50. The third-order valence-electron chi connectivity index (χ3n) is 3.62. The van der Waals surface area contributed by atoms with E-state index in [1.807, 2.05) is 0 Å². The number of hydrogen-bond donors (Lipinski definition) is 0. The number of unbranched alkanes of at least 4 members (excludes halogenated alkanes) is 1. The number of aldehydes is 1. The first-order valence-corrected chi connectivity index (χ1v) is 6.32. The maximum absolute atomic E-state index is 10.3. The number of hydrogen-bond acceptors (Lipinski definition) is 1. The van der Waals surface area contributed by atoms with Crippen LogP contribution >= 0.6 is 0 Å². The fraction of sp³-hybridized carbons (Fsp3) is 0.923. The van der Waals surface area contributed by atoms with E-state index in [-0.39, 0.29) is 0 Å². The Morgan fingerprint density at radius 1 is 1.14 bits per heavy atom. The second kappa shape index (κ2) is 7.03. The molecule has 0 aliphatic heterocycles. The van der Waals surface area contributed by atoms with E-state index in [0.29, 0.717) is 0 Å². The van der Waals surface area contributed by atoms with E-state index < -0.39 is 0 Å². The lowest BCUT2D eigenvalue weighted by atomic mass is 9.75. The topological polar surface area (TPSA) is 17.1 Å². The molecule has 0 N–H and O–H groups in total. The van der Waals surface area contributed by atoms with Crippen LogP contribution in [-0.2, 0) is 4.79 Å². The third kappa shape index (κ3) is 3.81. The number of rotatable bonds is 6. The van der Waals surface area contributed by atoms with Gasteiger partial charge in [-0.25, -0.2) is 0 Å². The molecule has 2 atom stereocenters. The van der Waals surface area contributed by atoms with Crippen molar-refractivity contribution in [3.8, 4) is 0 Å². The van der Waals surface area contributed by atoms with Crippen LogP contribution in [0.2, 0.25) is 0 Å². The van der Waals surface area contributed by atoms with Crippen LogP contribution in [-0.4, -0.2) is 6.29 Å². The molecule has 1 fully saturated rings. The van der Waals surface area contributed by atoms with Crippen LogP contribution < -0.4 is 0 Å². The van der Waals surface area contributed by atoms with Crippen molar-refractivity contribution >= 4 is 6.29 Å². The van der Waals surface area contributed by atoms with Crippen LogP contribution in [0.5, 0.6) is 0 Å². The summed E-state index contributed by atoms with van der Waals surface area (Å²) in [5, 5.41) is 0. The number of carbonyl (C=O) groups excluding carboxylic acids is 1. The molecule has 2 unspecified atom stereocenters. The first-order chi connectivity index (χ1) is 6.88. The summed E-state index contributed by atoms with van der Waals surface area (Å²) in [5.74, 6) is 1.91. The lowest BCUT2D eigenvalue weighted by Crippen LogP contribution is -2.19. The van der Waals surface area contributed by atoms with Gasteiger partial charge in [-0.2, -0.15) is 0 Å². The van der Waals surface area contributed by atoms with Gasteiger partial charge < -0.3 is 4.79 Å². The second-order valence-corrected chi connectivity index (χ2v) is 4.69. The van der Waals surface area contributed by atoms with Crippen molar-refractivity contribution < 1.29 is 4.79 Å². The first-order valence-electron chi connectivity index (χ1n) is 6.32. The van der Waals surface area contributed by atoms with E-state index in [9.17, 15) is 4.79 Å². The highest BCUT2D eigenvalue weighted by atomic mass is 16.1. The van der Waals surface area contributed by atoms with Gasteiger partial charge in [-0.3, -0.25) is 0 Å². The summed E-state index contributed by atoms with van der Waals surface area (Å²) in [5.41, 5.74) is 0. The standard InChI is InChI=1S/C13H24O/c1-2-7-12-8-3-4-9-13(12)10-5-6-11-14/h11-13H,2-10H2,1H3. The summed E-state index contributed by atoms with van der Waals surface area (Å²) in [6.07, 6.45) is 12.7. The van der Waals surface area contributed by atoms with Gasteiger partial charge in [-0.05, 0) is 24.7 Å². The second-order valence-electron chi connectivity index (χ2n) is 4.69. The van der Waals surface area contributed by atoms with Crippen molar-refractivity contribution in [2.24, 2.45) is 11.8 Å². The molecule has 1 aliphatic carbocycles. The Labute approximate surface area is 88.3 Å². The highest BCUT2D eigenvalue weighted by Gasteiger charge is 2.23. The lowest BCUT2D eigenvalue weighted by molar-refractivity contribution is -0.108. The summed E-state index contributed by atoms with van der Waals surface area (Å²) >= 11 is 0. The predicted molar refractivity (Wildman–Crippen MR) is 60.3 cm³/mol. The SMILES string of the molecule is CCCC1CCCCC1CCCC=O. The van der Waals surface area contributed by atoms with Crippen LogP contribution in [0, 0.1) is 11.8 Å². The highest BCUT2D eigenvalue weighted by Crippen LogP contribution is 2.35. The summed E-state index contributed by atoms with van der Waals surface area (Å²) in [6.45, 7) is 2.29. The molecule has 1 nitrogen and oxygen atoms in total. The molecule has 0 aromatic rings. The number of carbonyl (C=O) groups is 1. The van der Waals surface area contributed by atoms with Gasteiger partial charge >= 0.3 is 0 Å². The fourth-order valence-electron chi connectivity index (χ4n) is 2.88. The predicted octanol–water partition coefficient (Wildman–Crippen LogP) is 3.96. The summed E-state index contributed by atoms with van der Waals surface area (Å²) in [4.78, 5) is 10.3. The van der Waals surface area contributed by atoms with Gasteiger partial charge in [0.25, 0.3) is 0 Å². The van der Waals surface area contributed by atoms with Gasteiger partial charge in [0.05, 0.1) is 0 Å². The van der Waals surface area contributed by atoms with E-state index in [2.05, 4.69) is 6.92 Å². The van der Waals surface area contributed by atoms with Gasteiger partial charge in [-0.15, -0.1) is 0 Å². The van der Waals surface area contributed by atoms with Crippen LogP contribution in [0.3, 0.4) is 0 Å². The minimum absolute atomic E-state index is 0.773. The Kier molecular flexibility index (Phi) is 5.89. The average molecular weight is 196 g/mol. The van der Waals surface area contributed by atoms with Crippen molar-refractivity contribution in [3.63, 3.8) is 0 Å². The lowest BCUT2D eigenvalue weighted by Gasteiger charge is -2.31. The third-order valence-corrected chi connectivity index (χ3v) is 3.62. The Morgan fingerprint density at radius 2 is 1.79 bits per heavy atom. The van der Waals surface area contributed by atoms with E-state index in [4.69, 9.17) is 0 Å². The average Bonchev–Trinajstić information content (AvgIpc) is 2.21. The largest absolute Gasteiger partial charge is 0.303 e. The molecule has 0 radical (unpaired) electrons. The summed E-state index contributed by atoms with van der Waals surface area (Å²) in [6, 6.07) is 0. The quantitative estimate of drug-likeness (QED) is 0.464. The van der Waals surface area contributed by atoms with Gasteiger partial charge in [-0.1, -0.05) is 45.4 Å². The Hall–Kier alpha value is -0.330. The zero-order valence-corrected chi connectivity index (χ0v) is 9.50. The maximum atomic E-state index is 10.3. The molecule has 1 saturated carbocycles. The van der Waals surface area contributed by atoms with E-state index >= 15 is 0 Å². The molecule has 0 heterocycles. The van der Waals surface area contributed by atoms with Crippen LogP contribution in [0.1, 0.15) is 64.7 Å². The van der Waals surface area contributed by atoms with Crippen LogP contribution in [0.25, 0.3) is 0 Å². The van der Waals surface area contributed by atoms with Gasteiger partial charge in [0.1, 0.15) is 6.29 Å². The van der Waals surface area contributed by atoms with Gasteiger partial charge in [0.2, 0.25) is 0 Å². The maximum Gasteiger partial charge on any atom is 0.119 e. The molecule has 1 aliphatic rings. The molecule has 1 heteroatoms. The first kappa shape index (κ1) is 11.7. The van der Waals surface area contributed by atoms with Crippen LogP contribution in [0.4, 0.5) is 0 Å². The van der Waals surface area contributed by atoms with Gasteiger partial charge in [0.15, 0.2) is 0 Å². The van der Waals surface area contributed by atoms with E-state index in [1.165, 1.54) is 44.9 Å². The molecule has 14 heavy (non-hydrogen) atoms. The molecule has 1 rings (SSSR count). The molecular formula is C13H24O. The minimum Gasteiger partial charge on any atom is -0.303 e. The molecule has 0 aromatic carbocycles. The van der Waals surface area contributed by atoms with Crippen molar-refractivity contribution in [1.82, 2.24) is 0 Å². The molecule has 0 bridgehead atoms.